The van der Waals surface area contributed by atoms with E-state index in [0.29, 0.717) is 0 Å². The van der Waals surface area contributed by atoms with E-state index in [1.807, 2.05) is 52.8 Å². The molecule has 0 amide bonds. The third-order valence-electron chi connectivity index (χ3n) is 13.2. The van der Waals surface area contributed by atoms with E-state index in [4.69, 9.17) is 0 Å². The molecular formula is C71H74N2. The molecule has 0 aliphatic heterocycles. The second-order valence-electron chi connectivity index (χ2n) is 18.0. The number of allylic oxidation sites excluding steroid dienone is 14. The zero-order valence-corrected chi connectivity index (χ0v) is 45.0. The third kappa shape index (κ3) is 12.4. The van der Waals surface area contributed by atoms with E-state index in [1.165, 1.54) is 94.2 Å². The molecule has 3 aliphatic carbocycles. The SMILES string of the molecule is C=C.C=C(C)N=C(C)C1=C(c2ccccc2C)C#CCC=C1.C=C/C(=C\C=C/C)n1c2ccccc2c2cc(-c3ccc4c(c3)C(CC)=C(/C=C\CC)C4)ccc21.CC.Cc1cccc2c1-c1ccccc1C2. The van der Waals surface area contributed by atoms with Crippen molar-refractivity contribution in [3.63, 3.8) is 0 Å². The van der Waals surface area contributed by atoms with Gasteiger partial charge in [-0.25, -0.2) is 0 Å². The van der Waals surface area contributed by atoms with Gasteiger partial charge in [-0.2, -0.15) is 0 Å². The summed E-state index contributed by atoms with van der Waals surface area (Å²) >= 11 is 0. The van der Waals surface area contributed by atoms with Gasteiger partial charge in [-0.3, -0.25) is 4.99 Å². The van der Waals surface area contributed by atoms with Crippen molar-refractivity contribution in [1.82, 2.24) is 4.57 Å². The quantitative estimate of drug-likeness (QED) is 0.0563. The van der Waals surface area contributed by atoms with Gasteiger partial charge in [-0.05, 0) is 169 Å². The molecule has 3 aliphatic rings. The molecule has 2 nitrogen and oxygen atoms in total. The number of rotatable bonds is 10. The van der Waals surface area contributed by atoms with Gasteiger partial charge in [0.05, 0.1) is 11.0 Å². The molecule has 73 heavy (non-hydrogen) atoms. The van der Waals surface area contributed by atoms with Gasteiger partial charge >= 0.3 is 0 Å². The largest absolute Gasteiger partial charge is 0.309 e. The van der Waals surface area contributed by atoms with E-state index in [1.54, 1.807) is 0 Å². The molecule has 0 fully saturated rings. The summed E-state index contributed by atoms with van der Waals surface area (Å²) in [6.07, 6.45) is 22.0. The Morgan fingerprint density at radius 3 is 2.10 bits per heavy atom. The number of aliphatic imine (C=N–C) groups is 1. The summed E-state index contributed by atoms with van der Waals surface area (Å²) in [5, 5.41) is 2.53. The lowest BCUT2D eigenvalue weighted by atomic mass is 9.94. The van der Waals surface area contributed by atoms with Crippen molar-refractivity contribution < 1.29 is 0 Å². The monoisotopic (exact) mass is 955 g/mol. The Balaban J connectivity index is 0.000000192. The molecule has 368 valence electrons. The van der Waals surface area contributed by atoms with Crippen molar-refractivity contribution in [2.45, 2.75) is 94.4 Å². The number of aryl methyl sites for hydroxylation is 2. The molecule has 0 unspecified atom stereocenters. The molecule has 6 aromatic carbocycles. The minimum atomic E-state index is 0.777. The number of benzene rings is 6. The predicted molar refractivity (Wildman–Crippen MR) is 324 cm³/mol. The van der Waals surface area contributed by atoms with E-state index in [2.05, 4.69) is 233 Å². The fourth-order valence-electron chi connectivity index (χ4n) is 10.00. The highest BCUT2D eigenvalue weighted by atomic mass is 15.0. The number of nitrogens with zero attached hydrogens (tertiary/aromatic N) is 2. The highest BCUT2D eigenvalue weighted by Crippen LogP contribution is 2.41. The Hall–Kier alpha value is -7.99. The van der Waals surface area contributed by atoms with Crippen molar-refractivity contribution in [2.24, 2.45) is 4.99 Å². The molecule has 0 bridgehead atoms. The topological polar surface area (TPSA) is 17.3 Å². The summed E-state index contributed by atoms with van der Waals surface area (Å²) in [7, 11) is 0. The van der Waals surface area contributed by atoms with Crippen LogP contribution in [-0.2, 0) is 12.8 Å². The van der Waals surface area contributed by atoms with Crippen LogP contribution < -0.4 is 0 Å². The minimum Gasteiger partial charge on any atom is -0.309 e. The van der Waals surface area contributed by atoms with Crippen LogP contribution in [0.15, 0.2) is 224 Å². The molecule has 2 heteroatoms. The first-order valence-electron chi connectivity index (χ1n) is 26.0. The molecule has 1 aromatic heterocycles. The molecule has 10 rings (SSSR count). The maximum Gasteiger partial charge on any atom is 0.0541 e. The van der Waals surface area contributed by atoms with Crippen LogP contribution in [0.3, 0.4) is 0 Å². The lowest BCUT2D eigenvalue weighted by molar-refractivity contribution is 1.18. The molecule has 0 atom stereocenters. The Kier molecular flexibility index (Phi) is 19.7. The third-order valence-corrected chi connectivity index (χ3v) is 13.2. The highest BCUT2D eigenvalue weighted by Gasteiger charge is 2.21. The van der Waals surface area contributed by atoms with Gasteiger partial charge in [0.2, 0.25) is 0 Å². The van der Waals surface area contributed by atoms with E-state index in [0.717, 1.165) is 60.4 Å². The Morgan fingerprint density at radius 1 is 0.712 bits per heavy atom. The summed E-state index contributed by atoms with van der Waals surface area (Å²) in [6.45, 7) is 32.7. The smallest absolute Gasteiger partial charge is 0.0541 e. The summed E-state index contributed by atoms with van der Waals surface area (Å²) in [5.41, 5.74) is 25.4. The van der Waals surface area contributed by atoms with Crippen LogP contribution in [0.5, 0.6) is 0 Å². The normalized spacial score (nSPS) is 13.3. The van der Waals surface area contributed by atoms with Gasteiger partial charge in [0.25, 0.3) is 0 Å². The number of para-hydroxylation sites is 1. The molecule has 0 spiro atoms. The number of hydrogen-bond acceptors (Lipinski definition) is 1. The average molecular weight is 955 g/mol. The number of fused-ring (bicyclic) bond motifs is 7. The van der Waals surface area contributed by atoms with Crippen LogP contribution in [-0.4, -0.2) is 10.3 Å². The lowest BCUT2D eigenvalue weighted by Crippen LogP contribution is -2.00. The second-order valence-corrected chi connectivity index (χ2v) is 18.0. The first-order chi connectivity index (χ1) is 35.6. The van der Waals surface area contributed by atoms with Crippen LogP contribution in [0.25, 0.3) is 60.9 Å². The molecule has 7 aromatic rings. The summed E-state index contributed by atoms with van der Waals surface area (Å²) in [4.78, 5) is 4.49. The van der Waals surface area contributed by atoms with E-state index in [9.17, 15) is 0 Å². The second kappa shape index (κ2) is 26.5. The highest BCUT2D eigenvalue weighted by molar-refractivity contribution is 6.12. The van der Waals surface area contributed by atoms with Crippen molar-refractivity contribution in [3.8, 4) is 34.1 Å². The van der Waals surface area contributed by atoms with Gasteiger partial charge < -0.3 is 4.57 Å². The fraction of sp³-hybridized carbons (Fsp3) is 0.197. The molecule has 1 heterocycles. The first-order valence-corrected chi connectivity index (χ1v) is 26.0. The summed E-state index contributed by atoms with van der Waals surface area (Å²) in [5.74, 6) is 6.49. The van der Waals surface area contributed by atoms with Crippen LogP contribution in [0.2, 0.25) is 0 Å². The minimum absolute atomic E-state index is 0.777. The van der Waals surface area contributed by atoms with E-state index >= 15 is 0 Å². The van der Waals surface area contributed by atoms with Crippen molar-refractivity contribution in [2.75, 3.05) is 0 Å². The van der Waals surface area contributed by atoms with E-state index in [-0.39, 0.29) is 0 Å². The number of aromatic nitrogens is 1. The van der Waals surface area contributed by atoms with Crippen molar-refractivity contribution in [1.29, 1.82) is 0 Å². The standard InChI is InChI=1S/C34H33N.C19H19N.C14H12.C2H6.C2H4/c1-5-9-13-26-21-27-18-17-24(22-31(27)29(26)8-4)25-19-20-34-32(23-25)30-15-11-12-16-33(30)35(34)28(7-3)14-10-6-2;1-14(2)20-16(4)18-12-6-5-7-13-19(18)17-11-9-8-10-15(17)3;1-10-5-4-7-12-9-11-6-2-3-8-13(11)14(10)12;2*1-2/h6-7,9-20,22-23H,3,5,8,21H2,1-2,4H3;6,8-12H,1,5H2,2-4H3;2-8H,9H2,1H3;1-2H3;1-2H2/b10-6-,13-9-,28-14+;;;;. The molecule has 0 saturated carbocycles. The van der Waals surface area contributed by atoms with Crippen molar-refractivity contribution in [3.05, 3.63) is 258 Å². The van der Waals surface area contributed by atoms with Crippen LogP contribution in [0.1, 0.15) is 107 Å². The molecule has 0 saturated heterocycles. The molecule has 0 N–H and O–H groups in total. The Labute approximate surface area is 438 Å². The van der Waals surface area contributed by atoms with Gasteiger partial charge in [0, 0.05) is 45.4 Å². The van der Waals surface area contributed by atoms with Crippen LogP contribution >= 0.6 is 0 Å². The Morgan fingerprint density at radius 2 is 1.37 bits per heavy atom. The summed E-state index contributed by atoms with van der Waals surface area (Å²) in [6, 6.07) is 46.2. The maximum absolute atomic E-state index is 4.49. The molecule has 0 radical (unpaired) electrons. The van der Waals surface area contributed by atoms with Gasteiger partial charge in [0.1, 0.15) is 0 Å². The number of hydrogen-bond donors (Lipinski definition) is 0. The van der Waals surface area contributed by atoms with Gasteiger partial charge in [-0.1, -0.05) is 192 Å². The fourth-order valence-corrected chi connectivity index (χ4v) is 10.00. The van der Waals surface area contributed by atoms with Gasteiger partial charge in [0.15, 0.2) is 0 Å². The lowest BCUT2D eigenvalue weighted by Gasteiger charge is -2.10. The maximum atomic E-state index is 4.49. The first kappa shape index (κ1) is 54.3. The van der Waals surface area contributed by atoms with Crippen molar-refractivity contribution >= 4 is 44.4 Å². The zero-order chi connectivity index (χ0) is 52.4. The zero-order valence-electron chi connectivity index (χ0n) is 45.0. The van der Waals surface area contributed by atoms with E-state index < -0.39 is 0 Å². The van der Waals surface area contributed by atoms with Gasteiger partial charge in [-0.15, -0.1) is 13.2 Å². The summed E-state index contributed by atoms with van der Waals surface area (Å²) < 4.78 is 2.31. The predicted octanol–water partition coefficient (Wildman–Crippen LogP) is 19.9. The average Bonchev–Trinajstić information content (AvgIpc) is 4.02. The van der Waals surface area contributed by atoms with Crippen LogP contribution in [0, 0.1) is 25.7 Å². The molecular weight excluding hydrogens is 881 g/mol. The van der Waals surface area contributed by atoms with Crippen LogP contribution in [0.4, 0.5) is 0 Å². The Bertz CT molecular complexity index is 3420.